The van der Waals surface area contributed by atoms with Crippen LogP contribution in [0.5, 0.6) is 0 Å². The Kier molecular flexibility index (Phi) is 4.11. The Morgan fingerprint density at radius 1 is 1.53 bits per heavy atom. The van der Waals surface area contributed by atoms with Crippen LogP contribution in [0.25, 0.3) is 0 Å². The van der Waals surface area contributed by atoms with E-state index in [-0.39, 0.29) is 18.6 Å². The number of halogens is 1. The fourth-order valence-corrected chi connectivity index (χ4v) is 1.02. The van der Waals surface area contributed by atoms with Crippen LogP contribution in [0.4, 0.5) is 4.39 Å². The van der Waals surface area contributed by atoms with E-state index in [9.17, 15) is 9.18 Å². The summed E-state index contributed by atoms with van der Waals surface area (Å²) in [6, 6.07) is 8.93. The second kappa shape index (κ2) is 5.14. The molecule has 15 heavy (non-hydrogen) atoms. The molecule has 1 N–H and O–H groups in total. The van der Waals surface area contributed by atoms with Gasteiger partial charge in [-0.2, -0.15) is 0 Å². The molecule has 1 aromatic carbocycles. The van der Waals surface area contributed by atoms with E-state index in [1.807, 2.05) is 6.07 Å². The molecule has 1 atom stereocenters. The number of ether oxygens (including phenoxy) is 1. The van der Waals surface area contributed by atoms with Gasteiger partial charge < -0.3 is 9.29 Å². The summed E-state index contributed by atoms with van der Waals surface area (Å²) in [5, 5.41) is -2.41. The Bertz CT molecular complexity index is 327. The molecule has 0 aliphatic heterocycles. The summed E-state index contributed by atoms with van der Waals surface area (Å²) in [6.45, 7) is 0.949. The molecule has 0 aliphatic rings. The van der Waals surface area contributed by atoms with Gasteiger partial charge in [-0.15, -0.1) is 0 Å². The molecule has 5 heteroatoms. The first kappa shape index (κ1) is 12.0. The van der Waals surface area contributed by atoms with E-state index in [4.69, 9.17) is 4.55 Å². The lowest BCUT2D eigenvalue weighted by atomic mass is 10.2. The molecule has 0 radical (unpaired) electrons. The van der Waals surface area contributed by atoms with Gasteiger partial charge in [0.15, 0.2) is 0 Å². The number of benzene rings is 1. The Balaban J connectivity index is 2.48. The number of hydrogen-bond acceptors (Lipinski definition) is 4. The fourth-order valence-electron chi connectivity index (χ4n) is 0.889. The summed E-state index contributed by atoms with van der Waals surface area (Å²) in [4.78, 5) is 11.1. The molecular weight excluding hydrogens is 219 g/mol. The van der Waals surface area contributed by atoms with Gasteiger partial charge >= 0.3 is 5.97 Å². The zero-order valence-corrected chi connectivity index (χ0v) is 8.96. The number of alkyl halides is 1. The maximum Gasteiger partial charge on any atom is 0.356 e. The fraction of sp³-hybridized carbons (Fsp3) is 0.300. The van der Waals surface area contributed by atoms with Gasteiger partial charge in [0.25, 0.3) is 5.00 Å². The maximum atomic E-state index is 13.2. The highest BCUT2D eigenvalue weighted by Crippen LogP contribution is 2.25. The lowest BCUT2D eigenvalue weighted by Crippen LogP contribution is -2.28. The SMILES string of the molecule is CC(F)(SO)C(=O)OCc1ccccc1. The van der Waals surface area contributed by atoms with Crippen molar-refractivity contribution in [3.8, 4) is 0 Å². The van der Waals surface area contributed by atoms with Crippen molar-refractivity contribution < 1.29 is 18.5 Å². The van der Waals surface area contributed by atoms with Gasteiger partial charge in [0, 0.05) is 12.0 Å². The van der Waals surface area contributed by atoms with Crippen LogP contribution < -0.4 is 0 Å². The third-order valence-electron chi connectivity index (χ3n) is 1.75. The van der Waals surface area contributed by atoms with Crippen molar-refractivity contribution in [2.75, 3.05) is 0 Å². The molecule has 0 aliphatic carbocycles. The van der Waals surface area contributed by atoms with Crippen molar-refractivity contribution in [1.29, 1.82) is 0 Å². The predicted molar refractivity (Wildman–Crippen MR) is 56.0 cm³/mol. The first-order valence-electron chi connectivity index (χ1n) is 4.29. The molecular formula is C10H11FO3S. The minimum absolute atomic E-state index is 0.000255. The van der Waals surface area contributed by atoms with Crippen LogP contribution in [0.3, 0.4) is 0 Å². The van der Waals surface area contributed by atoms with Gasteiger partial charge in [0.05, 0.1) is 0 Å². The monoisotopic (exact) mass is 230 g/mol. The normalized spacial score (nSPS) is 14.3. The van der Waals surface area contributed by atoms with Crippen molar-refractivity contribution in [1.82, 2.24) is 0 Å². The van der Waals surface area contributed by atoms with Crippen LogP contribution in [-0.2, 0) is 16.1 Å². The molecule has 0 bridgehead atoms. The minimum Gasteiger partial charge on any atom is -0.458 e. The summed E-state index contributed by atoms with van der Waals surface area (Å²) in [6.07, 6.45) is 0. The number of carbonyl (C=O) groups is 1. The number of esters is 1. The van der Waals surface area contributed by atoms with Crippen molar-refractivity contribution in [2.45, 2.75) is 18.5 Å². The molecule has 3 nitrogen and oxygen atoms in total. The maximum absolute atomic E-state index is 13.2. The molecule has 0 spiro atoms. The summed E-state index contributed by atoms with van der Waals surface area (Å²) >= 11 is -0.171. The smallest absolute Gasteiger partial charge is 0.356 e. The van der Waals surface area contributed by atoms with Crippen molar-refractivity contribution in [3.05, 3.63) is 35.9 Å². The quantitative estimate of drug-likeness (QED) is 0.638. The van der Waals surface area contributed by atoms with Gasteiger partial charge in [-0.05, 0) is 12.5 Å². The Morgan fingerprint density at radius 2 is 2.13 bits per heavy atom. The number of carbonyl (C=O) groups excluding carboxylic acids is 1. The molecule has 1 rings (SSSR count). The topological polar surface area (TPSA) is 46.5 Å². The number of rotatable bonds is 4. The standard InChI is InChI=1S/C10H11FO3S/c1-10(11,15-13)9(12)14-7-8-5-3-2-4-6-8/h2-6,13H,7H2,1H3. The highest BCUT2D eigenvalue weighted by Gasteiger charge is 2.35. The van der Waals surface area contributed by atoms with E-state index < -0.39 is 11.0 Å². The van der Waals surface area contributed by atoms with Crippen molar-refractivity contribution in [3.63, 3.8) is 0 Å². The highest BCUT2D eigenvalue weighted by molar-refractivity contribution is 7.95. The molecule has 1 aromatic rings. The van der Waals surface area contributed by atoms with E-state index in [1.165, 1.54) is 0 Å². The largest absolute Gasteiger partial charge is 0.458 e. The van der Waals surface area contributed by atoms with Crippen LogP contribution in [0.15, 0.2) is 30.3 Å². The molecule has 0 aromatic heterocycles. The number of hydrogen-bond donors (Lipinski definition) is 1. The molecule has 0 saturated carbocycles. The predicted octanol–water partition coefficient (Wildman–Crippen LogP) is 2.62. The molecule has 0 fully saturated rings. The molecule has 0 amide bonds. The molecule has 0 heterocycles. The van der Waals surface area contributed by atoms with Crippen LogP contribution in [-0.4, -0.2) is 15.5 Å². The van der Waals surface area contributed by atoms with Crippen LogP contribution >= 0.6 is 12.0 Å². The van der Waals surface area contributed by atoms with Gasteiger partial charge in [-0.1, -0.05) is 30.3 Å². The lowest BCUT2D eigenvalue weighted by Gasteiger charge is -2.14. The van der Waals surface area contributed by atoms with Crippen molar-refractivity contribution >= 4 is 18.0 Å². The first-order chi connectivity index (χ1) is 7.06. The molecule has 0 saturated heterocycles. The van der Waals surface area contributed by atoms with Gasteiger partial charge in [-0.3, -0.25) is 0 Å². The van der Waals surface area contributed by atoms with E-state index in [1.54, 1.807) is 24.3 Å². The summed E-state index contributed by atoms with van der Waals surface area (Å²) < 4.78 is 26.3. The van der Waals surface area contributed by atoms with Gasteiger partial charge in [-0.25, -0.2) is 9.18 Å². The Labute approximate surface area is 91.5 Å². The summed E-state index contributed by atoms with van der Waals surface area (Å²) in [5.41, 5.74) is 0.768. The van der Waals surface area contributed by atoms with E-state index >= 15 is 0 Å². The Hall–Kier alpha value is -1.07. The van der Waals surface area contributed by atoms with Crippen LogP contribution in [0.1, 0.15) is 12.5 Å². The second-order valence-corrected chi connectivity index (χ2v) is 4.02. The van der Waals surface area contributed by atoms with E-state index in [0.29, 0.717) is 0 Å². The zero-order valence-electron chi connectivity index (χ0n) is 8.14. The third-order valence-corrected chi connectivity index (χ3v) is 2.26. The van der Waals surface area contributed by atoms with E-state index in [2.05, 4.69) is 4.74 Å². The second-order valence-electron chi connectivity index (χ2n) is 3.07. The molecule has 82 valence electrons. The zero-order chi connectivity index (χ0) is 11.3. The van der Waals surface area contributed by atoms with Crippen molar-refractivity contribution in [2.24, 2.45) is 0 Å². The average Bonchev–Trinajstić information content (AvgIpc) is 2.27. The van der Waals surface area contributed by atoms with Crippen LogP contribution in [0.2, 0.25) is 0 Å². The highest BCUT2D eigenvalue weighted by atomic mass is 32.2. The summed E-state index contributed by atoms with van der Waals surface area (Å²) in [5.74, 6) is -1.08. The van der Waals surface area contributed by atoms with Crippen LogP contribution in [0, 0.1) is 0 Å². The molecule has 1 unspecified atom stereocenters. The lowest BCUT2D eigenvalue weighted by molar-refractivity contribution is -0.152. The minimum atomic E-state index is -2.41. The van der Waals surface area contributed by atoms with E-state index in [0.717, 1.165) is 12.5 Å². The third kappa shape index (κ3) is 3.53. The first-order valence-corrected chi connectivity index (χ1v) is 5.06. The summed E-state index contributed by atoms with van der Waals surface area (Å²) in [7, 11) is 0. The average molecular weight is 230 g/mol. The van der Waals surface area contributed by atoms with Gasteiger partial charge in [0.1, 0.15) is 6.61 Å². The van der Waals surface area contributed by atoms with Gasteiger partial charge in [0.2, 0.25) is 0 Å². The Morgan fingerprint density at radius 3 is 2.67 bits per heavy atom.